The average Bonchev–Trinajstić information content (AvgIpc) is 2.83. The molecule has 4 heteroatoms. The summed E-state index contributed by atoms with van der Waals surface area (Å²) in [7, 11) is 0. The fourth-order valence-corrected chi connectivity index (χ4v) is 3.76. The first-order valence-electron chi connectivity index (χ1n) is 7.18. The maximum absolute atomic E-state index is 12.6. The van der Waals surface area contributed by atoms with Gasteiger partial charge in [-0.05, 0) is 61.2 Å². The van der Waals surface area contributed by atoms with Crippen LogP contribution in [0.2, 0.25) is 0 Å². The lowest BCUT2D eigenvalue weighted by molar-refractivity contribution is -0.133. The SMILES string of the molecule is CCCC1(C(=O)NCc2cscc2C)CCNCC1. The summed E-state index contributed by atoms with van der Waals surface area (Å²) in [5, 5.41) is 10.8. The number of rotatable bonds is 5. The normalized spacial score (nSPS) is 18.2. The Morgan fingerprint density at radius 3 is 2.74 bits per heavy atom. The summed E-state index contributed by atoms with van der Waals surface area (Å²) < 4.78 is 0. The molecule has 1 amide bonds. The zero-order valence-corrected chi connectivity index (χ0v) is 12.7. The second-order valence-corrected chi connectivity index (χ2v) is 6.29. The van der Waals surface area contributed by atoms with Crippen LogP contribution in [0.5, 0.6) is 0 Å². The fourth-order valence-electron chi connectivity index (χ4n) is 2.91. The standard InChI is InChI=1S/C15H24N2OS/c1-3-4-15(5-7-16-8-6-15)14(18)17-9-13-11-19-10-12(13)2/h10-11,16H,3-9H2,1-2H3,(H,17,18). The minimum atomic E-state index is -0.135. The van der Waals surface area contributed by atoms with Gasteiger partial charge in [-0.3, -0.25) is 4.79 Å². The van der Waals surface area contributed by atoms with E-state index in [4.69, 9.17) is 0 Å². The van der Waals surface area contributed by atoms with E-state index in [2.05, 4.69) is 35.2 Å². The molecule has 1 fully saturated rings. The first-order chi connectivity index (χ1) is 9.18. The monoisotopic (exact) mass is 280 g/mol. The second kappa shape index (κ2) is 6.53. The average molecular weight is 280 g/mol. The third-order valence-corrected chi connectivity index (χ3v) is 5.08. The van der Waals surface area contributed by atoms with Crippen LogP contribution >= 0.6 is 11.3 Å². The van der Waals surface area contributed by atoms with Gasteiger partial charge in [0.25, 0.3) is 0 Å². The molecule has 106 valence electrons. The highest BCUT2D eigenvalue weighted by atomic mass is 32.1. The summed E-state index contributed by atoms with van der Waals surface area (Å²) in [5.74, 6) is 0.251. The van der Waals surface area contributed by atoms with Crippen LogP contribution in [0, 0.1) is 12.3 Å². The molecule has 0 saturated carbocycles. The zero-order chi connectivity index (χ0) is 13.7. The van der Waals surface area contributed by atoms with Crippen molar-refractivity contribution in [1.29, 1.82) is 0 Å². The molecule has 0 atom stereocenters. The number of carbonyl (C=O) groups is 1. The molecule has 2 heterocycles. The molecule has 1 saturated heterocycles. The largest absolute Gasteiger partial charge is 0.352 e. The van der Waals surface area contributed by atoms with Crippen LogP contribution in [0.15, 0.2) is 10.8 Å². The van der Waals surface area contributed by atoms with Crippen LogP contribution in [-0.4, -0.2) is 19.0 Å². The number of amides is 1. The van der Waals surface area contributed by atoms with Gasteiger partial charge in [-0.2, -0.15) is 11.3 Å². The molecule has 1 aromatic heterocycles. The van der Waals surface area contributed by atoms with Crippen LogP contribution in [0.3, 0.4) is 0 Å². The molecule has 1 aliphatic rings. The van der Waals surface area contributed by atoms with Crippen molar-refractivity contribution in [3.8, 4) is 0 Å². The van der Waals surface area contributed by atoms with E-state index in [1.165, 1.54) is 11.1 Å². The van der Waals surface area contributed by atoms with Crippen LogP contribution in [0.1, 0.15) is 43.7 Å². The van der Waals surface area contributed by atoms with E-state index >= 15 is 0 Å². The first kappa shape index (κ1) is 14.5. The van der Waals surface area contributed by atoms with Crippen molar-refractivity contribution in [1.82, 2.24) is 10.6 Å². The molecule has 3 nitrogen and oxygen atoms in total. The lowest BCUT2D eigenvalue weighted by Crippen LogP contribution is -2.47. The van der Waals surface area contributed by atoms with Gasteiger partial charge in [-0.15, -0.1) is 0 Å². The third-order valence-electron chi connectivity index (χ3n) is 4.17. The van der Waals surface area contributed by atoms with E-state index in [-0.39, 0.29) is 11.3 Å². The molecule has 1 aliphatic heterocycles. The van der Waals surface area contributed by atoms with E-state index in [0.29, 0.717) is 6.54 Å². The molecule has 1 aromatic rings. The number of carbonyl (C=O) groups excluding carboxylic acids is 1. The minimum Gasteiger partial charge on any atom is -0.352 e. The highest BCUT2D eigenvalue weighted by Gasteiger charge is 2.38. The lowest BCUT2D eigenvalue weighted by Gasteiger charge is -2.36. The molecular weight excluding hydrogens is 256 g/mol. The summed E-state index contributed by atoms with van der Waals surface area (Å²) in [6, 6.07) is 0. The van der Waals surface area contributed by atoms with E-state index in [9.17, 15) is 4.79 Å². The molecule has 0 spiro atoms. The van der Waals surface area contributed by atoms with Gasteiger partial charge in [0.1, 0.15) is 0 Å². The van der Waals surface area contributed by atoms with E-state index in [1.54, 1.807) is 11.3 Å². The van der Waals surface area contributed by atoms with Crippen molar-refractivity contribution in [2.75, 3.05) is 13.1 Å². The summed E-state index contributed by atoms with van der Waals surface area (Å²) in [6.45, 7) is 6.87. The van der Waals surface area contributed by atoms with Crippen molar-refractivity contribution in [2.45, 2.75) is 46.1 Å². The number of nitrogens with one attached hydrogen (secondary N) is 2. The van der Waals surface area contributed by atoms with E-state index in [1.807, 2.05) is 0 Å². The zero-order valence-electron chi connectivity index (χ0n) is 11.9. The summed E-state index contributed by atoms with van der Waals surface area (Å²) in [4.78, 5) is 12.6. The first-order valence-corrected chi connectivity index (χ1v) is 8.13. The molecule has 0 aliphatic carbocycles. The maximum atomic E-state index is 12.6. The predicted molar refractivity (Wildman–Crippen MR) is 80.3 cm³/mol. The van der Waals surface area contributed by atoms with Gasteiger partial charge in [0.2, 0.25) is 5.91 Å². The lowest BCUT2D eigenvalue weighted by atomic mass is 9.74. The molecule has 0 aromatic carbocycles. The molecule has 0 radical (unpaired) electrons. The Morgan fingerprint density at radius 1 is 1.42 bits per heavy atom. The number of piperidine rings is 1. The Labute approximate surface area is 119 Å². The topological polar surface area (TPSA) is 41.1 Å². The van der Waals surface area contributed by atoms with Crippen molar-refractivity contribution < 1.29 is 4.79 Å². The molecule has 19 heavy (non-hydrogen) atoms. The fraction of sp³-hybridized carbons (Fsp3) is 0.667. The Balaban J connectivity index is 1.97. The molecule has 2 rings (SSSR count). The smallest absolute Gasteiger partial charge is 0.226 e. The number of hydrogen-bond donors (Lipinski definition) is 2. The van der Waals surface area contributed by atoms with Gasteiger partial charge in [0.05, 0.1) is 5.41 Å². The summed E-state index contributed by atoms with van der Waals surface area (Å²) in [6.07, 6.45) is 4.01. The van der Waals surface area contributed by atoms with Crippen molar-refractivity contribution >= 4 is 17.2 Å². The quantitative estimate of drug-likeness (QED) is 0.871. The highest BCUT2D eigenvalue weighted by Crippen LogP contribution is 2.34. The van der Waals surface area contributed by atoms with Gasteiger partial charge in [-0.1, -0.05) is 13.3 Å². The Morgan fingerprint density at radius 2 is 2.16 bits per heavy atom. The number of thiophene rings is 1. The van der Waals surface area contributed by atoms with Crippen LogP contribution in [0.4, 0.5) is 0 Å². The van der Waals surface area contributed by atoms with Gasteiger partial charge < -0.3 is 10.6 Å². The van der Waals surface area contributed by atoms with Gasteiger partial charge in [0.15, 0.2) is 0 Å². The van der Waals surface area contributed by atoms with E-state index < -0.39 is 0 Å². The van der Waals surface area contributed by atoms with Crippen LogP contribution in [-0.2, 0) is 11.3 Å². The van der Waals surface area contributed by atoms with E-state index in [0.717, 1.165) is 38.8 Å². The van der Waals surface area contributed by atoms with Crippen molar-refractivity contribution in [2.24, 2.45) is 5.41 Å². The Kier molecular flexibility index (Phi) is 4.99. The Hall–Kier alpha value is -0.870. The third kappa shape index (κ3) is 3.37. The summed E-state index contributed by atoms with van der Waals surface area (Å²) >= 11 is 1.70. The number of hydrogen-bond acceptors (Lipinski definition) is 3. The van der Waals surface area contributed by atoms with Gasteiger partial charge in [-0.25, -0.2) is 0 Å². The number of aryl methyl sites for hydroxylation is 1. The molecule has 0 unspecified atom stereocenters. The maximum Gasteiger partial charge on any atom is 0.226 e. The van der Waals surface area contributed by atoms with Gasteiger partial charge in [0, 0.05) is 6.54 Å². The second-order valence-electron chi connectivity index (χ2n) is 5.54. The highest BCUT2D eigenvalue weighted by molar-refractivity contribution is 7.08. The van der Waals surface area contributed by atoms with Crippen molar-refractivity contribution in [3.05, 3.63) is 21.9 Å². The minimum absolute atomic E-state index is 0.135. The van der Waals surface area contributed by atoms with Crippen LogP contribution in [0.25, 0.3) is 0 Å². The molecule has 0 bridgehead atoms. The van der Waals surface area contributed by atoms with Crippen molar-refractivity contribution in [3.63, 3.8) is 0 Å². The van der Waals surface area contributed by atoms with Crippen LogP contribution < -0.4 is 10.6 Å². The predicted octanol–water partition coefficient (Wildman–Crippen LogP) is 2.84. The molecular formula is C15H24N2OS. The van der Waals surface area contributed by atoms with Gasteiger partial charge >= 0.3 is 0 Å². The molecule has 2 N–H and O–H groups in total. The summed E-state index contributed by atoms with van der Waals surface area (Å²) in [5.41, 5.74) is 2.39. The Bertz CT molecular complexity index is 416.